The average Bonchev–Trinajstić information content (AvgIpc) is 2.39. The first-order valence-corrected chi connectivity index (χ1v) is 6.06. The number of nitrogens with one attached hydrogen (secondary N) is 1. The van der Waals surface area contributed by atoms with Gasteiger partial charge in [0.25, 0.3) is 5.56 Å². The molecule has 0 amide bonds. The molecule has 0 bridgehead atoms. The molecule has 0 atom stereocenters. The fourth-order valence-corrected chi connectivity index (χ4v) is 2.17. The summed E-state index contributed by atoms with van der Waals surface area (Å²) >= 11 is 0. The molecule has 1 aromatic heterocycles. The summed E-state index contributed by atoms with van der Waals surface area (Å²) in [7, 11) is 0. The number of phenolic OH excluding ortho intramolecular Hbond substituents is 1. The highest BCUT2D eigenvalue weighted by Crippen LogP contribution is 2.35. The number of aromatic hydroxyl groups is 1. The van der Waals surface area contributed by atoms with E-state index in [2.05, 4.69) is 0 Å². The molecule has 1 aromatic carbocycles. The molecule has 114 valence electrons. The standard InChI is InChI=1S/C14H12N2O6/c1-5-2-3-7(17)6(4-5)8-9(13(19)20)11(15)16-12(18)10(8)14(21)22/h2-4,17H,1H3,(H,19,20)(H,21,22)(H3,15,16,18). The summed E-state index contributed by atoms with van der Waals surface area (Å²) in [5.74, 6) is -3.99. The van der Waals surface area contributed by atoms with Gasteiger partial charge in [-0.1, -0.05) is 11.6 Å². The number of H-pyrrole nitrogens is 1. The third-order valence-electron chi connectivity index (χ3n) is 3.09. The maximum absolute atomic E-state index is 11.9. The Morgan fingerprint density at radius 3 is 2.27 bits per heavy atom. The maximum Gasteiger partial charge on any atom is 0.342 e. The highest BCUT2D eigenvalue weighted by atomic mass is 16.4. The summed E-state index contributed by atoms with van der Waals surface area (Å²) in [6, 6.07) is 4.21. The molecular weight excluding hydrogens is 292 g/mol. The van der Waals surface area contributed by atoms with Crippen molar-refractivity contribution in [2.45, 2.75) is 6.92 Å². The maximum atomic E-state index is 11.9. The highest BCUT2D eigenvalue weighted by Gasteiger charge is 2.27. The summed E-state index contributed by atoms with van der Waals surface area (Å²) in [5.41, 5.74) is 3.19. The van der Waals surface area contributed by atoms with Crippen molar-refractivity contribution < 1.29 is 24.9 Å². The zero-order valence-electron chi connectivity index (χ0n) is 11.4. The van der Waals surface area contributed by atoms with Crippen LogP contribution in [0.25, 0.3) is 11.1 Å². The molecule has 1 heterocycles. The molecule has 2 rings (SSSR count). The van der Waals surface area contributed by atoms with Gasteiger partial charge >= 0.3 is 11.9 Å². The Balaban J connectivity index is 3.06. The minimum Gasteiger partial charge on any atom is -0.507 e. The number of carboxylic acid groups (broad SMARTS) is 2. The van der Waals surface area contributed by atoms with E-state index in [0.717, 1.165) is 0 Å². The van der Waals surface area contributed by atoms with Crippen molar-refractivity contribution in [3.05, 3.63) is 45.2 Å². The third kappa shape index (κ3) is 2.37. The number of nitrogens with two attached hydrogens (primary N) is 1. The predicted octanol–water partition coefficient (Wildman–Crippen LogP) is 1.03. The van der Waals surface area contributed by atoms with Crippen LogP contribution in [0, 0.1) is 6.92 Å². The van der Waals surface area contributed by atoms with E-state index < -0.39 is 40.0 Å². The lowest BCUT2D eigenvalue weighted by Crippen LogP contribution is -2.24. The molecular formula is C14H12N2O6. The molecule has 0 saturated heterocycles. The second kappa shape index (κ2) is 5.24. The highest BCUT2D eigenvalue weighted by molar-refractivity contribution is 6.08. The van der Waals surface area contributed by atoms with Gasteiger partial charge in [0.05, 0.1) is 0 Å². The number of carbonyl (C=O) groups is 2. The molecule has 8 nitrogen and oxygen atoms in total. The number of aryl methyl sites for hydroxylation is 1. The number of aromatic nitrogens is 1. The minimum absolute atomic E-state index is 0.0902. The number of aromatic amines is 1. The van der Waals surface area contributed by atoms with Crippen LogP contribution in [0.1, 0.15) is 26.3 Å². The number of benzene rings is 1. The lowest BCUT2D eigenvalue weighted by molar-refractivity contribution is 0.0695. The topological polar surface area (TPSA) is 154 Å². The van der Waals surface area contributed by atoms with Gasteiger partial charge in [0.1, 0.15) is 22.7 Å². The first kappa shape index (κ1) is 15.1. The van der Waals surface area contributed by atoms with Crippen LogP contribution in [0.2, 0.25) is 0 Å². The van der Waals surface area contributed by atoms with E-state index >= 15 is 0 Å². The van der Waals surface area contributed by atoms with Gasteiger partial charge in [-0.15, -0.1) is 0 Å². The predicted molar refractivity (Wildman–Crippen MR) is 77.2 cm³/mol. The number of anilines is 1. The van der Waals surface area contributed by atoms with Gasteiger partial charge in [-0.2, -0.15) is 0 Å². The Hall–Kier alpha value is -3.29. The summed E-state index contributed by atoms with van der Waals surface area (Å²) in [6.45, 7) is 1.67. The van der Waals surface area contributed by atoms with Crippen molar-refractivity contribution in [2.24, 2.45) is 0 Å². The summed E-state index contributed by atoms with van der Waals surface area (Å²) < 4.78 is 0. The first-order valence-electron chi connectivity index (χ1n) is 6.06. The quantitative estimate of drug-likeness (QED) is 0.567. The average molecular weight is 304 g/mol. The van der Waals surface area contributed by atoms with Crippen LogP contribution < -0.4 is 11.3 Å². The number of carboxylic acids is 2. The zero-order valence-corrected chi connectivity index (χ0v) is 11.4. The number of rotatable bonds is 3. The number of hydrogen-bond acceptors (Lipinski definition) is 5. The van der Waals surface area contributed by atoms with Crippen LogP contribution in [0.4, 0.5) is 5.82 Å². The second-order valence-corrected chi connectivity index (χ2v) is 4.62. The van der Waals surface area contributed by atoms with Gasteiger partial charge in [-0.25, -0.2) is 9.59 Å². The van der Waals surface area contributed by atoms with E-state index in [9.17, 15) is 29.7 Å². The molecule has 0 aliphatic heterocycles. The molecule has 0 aliphatic carbocycles. The Bertz CT molecular complexity index is 853. The SMILES string of the molecule is Cc1ccc(O)c(-c2c(C(=O)O)c(N)[nH]c(=O)c2C(=O)O)c1. The van der Waals surface area contributed by atoms with Crippen LogP contribution in [0.3, 0.4) is 0 Å². The fourth-order valence-electron chi connectivity index (χ4n) is 2.17. The number of phenols is 1. The largest absolute Gasteiger partial charge is 0.507 e. The van der Waals surface area contributed by atoms with E-state index in [-0.39, 0.29) is 11.3 Å². The van der Waals surface area contributed by atoms with E-state index in [0.29, 0.717) is 5.56 Å². The first-order chi connectivity index (χ1) is 10.2. The summed E-state index contributed by atoms with van der Waals surface area (Å²) in [6.07, 6.45) is 0. The zero-order chi connectivity index (χ0) is 16.6. The second-order valence-electron chi connectivity index (χ2n) is 4.62. The molecule has 8 heteroatoms. The van der Waals surface area contributed by atoms with Crippen molar-refractivity contribution in [1.29, 1.82) is 0 Å². The smallest absolute Gasteiger partial charge is 0.342 e. The van der Waals surface area contributed by atoms with E-state index in [4.69, 9.17) is 5.73 Å². The van der Waals surface area contributed by atoms with Gasteiger partial charge in [-0.3, -0.25) is 4.79 Å². The van der Waals surface area contributed by atoms with Gasteiger partial charge in [0.2, 0.25) is 0 Å². The number of hydrogen-bond donors (Lipinski definition) is 5. The summed E-state index contributed by atoms with van der Waals surface area (Å²) in [5, 5.41) is 28.5. The van der Waals surface area contributed by atoms with E-state index in [1.54, 1.807) is 13.0 Å². The van der Waals surface area contributed by atoms with Gasteiger partial charge < -0.3 is 26.0 Å². The molecule has 22 heavy (non-hydrogen) atoms. The van der Waals surface area contributed by atoms with Crippen LogP contribution in [-0.4, -0.2) is 32.2 Å². The number of aromatic carboxylic acids is 2. The molecule has 6 N–H and O–H groups in total. The molecule has 2 aromatic rings. The Kier molecular flexibility index (Phi) is 3.60. The van der Waals surface area contributed by atoms with Gasteiger partial charge in [-0.05, 0) is 19.1 Å². The molecule has 0 saturated carbocycles. The monoisotopic (exact) mass is 304 g/mol. The van der Waals surface area contributed by atoms with Crippen molar-refractivity contribution >= 4 is 17.8 Å². The Morgan fingerprint density at radius 1 is 1.14 bits per heavy atom. The van der Waals surface area contributed by atoms with Crippen LogP contribution in [0.15, 0.2) is 23.0 Å². The van der Waals surface area contributed by atoms with Crippen LogP contribution >= 0.6 is 0 Å². The third-order valence-corrected chi connectivity index (χ3v) is 3.09. The van der Waals surface area contributed by atoms with Crippen molar-refractivity contribution in [1.82, 2.24) is 4.98 Å². The van der Waals surface area contributed by atoms with Gasteiger partial charge in [0, 0.05) is 11.1 Å². The van der Waals surface area contributed by atoms with Crippen LogP contribution in [0.5, 0.6) is 5.75 Å². The Morgan fingerprint density at radius 2 is 1.73 bits per heavy atom. The van der Waals surface area contributed by atoms with Gasteiger partial charge in [0.15, 0.2) is 0 Å². The van der Waals surface area contributed by atoms with E-state index in [1.807, 2.05) is 4.98 Å². The molecule has 0 aliphatic rings. The van der Waals surface area contributed by atoms with Crippen LogP contribution in [-0.2, 0) is 0 Å². The number of nitrogen functional groups attached to an aromatic ring is 1. The van der Waals surface area contributed by atoms with Crippen molar-refractivity contribution in [3.63, 3.8) is 0 Å². The normalized spacial score (nSPS) is 10.4. The molecule has 0 fully saturated rings. The van der Waals surface area contributed by atoms with E-state index in [1.165, 1.54) is 12.1 Å². The summed E-state index contributed by atoms with van der Waals surface area (Å²) in [4.78, 5) is 36.6. The lowest BCUT2D eigenvalue weighted by atomic mass is 9.93. The minimum atomic E-state index is -1.63. The molecule has 0 unspecified atom stereocenters. The van der Waals surface area contributed by atoms with Crippen molar-refractivity contribution in [3.8, 4) is 16.9 Å². The Labute approximate surface area is 123 Å². The van der Waals surface area contributed by atoms with Crippen molar-refractivity contribution in [2.75, 3.05) is 5.73 Å². The number of pyridine rings is 1. The lowest BCUT2D eigenvalue weighted by Gasteiger charge is -2.13. The molecule has 0 spiro atoms. The molecule has 0 radical (unpaired) electrons. The fraction of sp³-hybridized carbons (Fsp3) is 0.0714.